The standard InChI is InChI=1S/C17H17N3O5S/c1-12-6-8-16(9-7-12)26(24,25)19-17(21)18-11-13(2)14-4-3-5-15(10-14)20(22)23/h3-10H,2,11H2,1H3,(H2,18,19,21). The van der Waals surface area contributed by atoms with Gasteiger partial charge in [-0.15, -0.1) is 0 Å². The van der Waals surface area contributed by atoms with Crippen LogP contribution < -0.4 is 10.0 Å². The summed E-state index contributed by atoms with van der Waals surface area (Å²) in [5.74, 6) is 0. The second-order valence-corrected chi connectivity index (χ2v) is 7.19. The number of nitrogens with one attached hydrogen (secondary N) is 2. The third kappa shape index (κ3) is 4.90. The average Bonchev–Trinajstić information content (AvgIpc) is 2.59. The van der Waals surface area contributed by atoms with Gasteiger partial charge in [0.25, 0.3) is 15.7 Å². The van der Waals surface area contributed by atoms with E-state index < -0.39 is 21.0 Å². The molecule has 0 atom stereocenters. The number of nitrogens with zero attached hydrogens (tertiary/aromatic N) is 1. The van der Waals surface area contributed by atoms with Crippen molar-refractivity contribution in [1.29, 1.82) is 0 Å². The lowest BCUT2D eigenvalue weighted by Crippen LogP contribution is -2.39. The average molecular weight is 375 g/mol. The zero-order valence-corrected chi connectivity index (χ0v) is 14.7. The lowest BCUT2D eigenvalue weighted by atomic mass is 10.1. The predicted molar refractivity (Wildman–Crippen MR) is 97.0 cm³/mol. The van der Waals surface area contributed by atoms with Gasteiger partial charge in [-0.2, -0.15) is 0 Å². The van der Waals surface area contributed by atoms with Crippen LogP contribution in [0.25, 0.3) is 5.57 Å². The van der Waals surface area contributed by atoms with E-state index >= 15 is 0 Å². The number of amides is 2. The van der Waals surface area contributed by atoms with Crippen molar-refractivity contribution < 1.29 is 18.1 Å². The van der Waals surface area contributed by atoms with E-state index in [1.165, 1.54) is 30.3 Å². The van der Waals surface area contributed by atoms with Gasteiger partial charge in [-0.3, -0.25) is 10.1 Å². The number of benzene rings is 2. The summed E-state index contributed by atoms with van der Waals surface area (Å²) < 4.78 is 26.1. The van der Waals surface area contributed by atoms with Crippen molar-refractivity contribution in [2.75, 3.05) is 6.54 Å². The van der Waals surface area contributed by atoms with E-state index in [-0.39, 0.29) is 17.1 Å². The van der Waals surface area contributed by atoms with Crippen molar-refractivity contribution in [3.8, 4) is 0 Å². The number of carbonyl (C=O) groups is 1. The molecule has 2 aromatic rings. The number of carbonyl (C=O) groups excluding carboxylic acids is 1. The molecule has 0 fully saturated rings. The molecule has 0 saturated heterocycles. The molecule has 0 bridgehead atoms. The van der Waals surface area contributed by atoms with Gasteiger partial charge in [0.2, 0.25) is 0 Å². The molecule has 136 valence electrons. The molecule has 0 aliphatic rings. The Hall–Kier alpha value is -3.20. The summed E-state index contributed by atoms with van der Waals surface area (Å²) in [5, 5.41) is 13.2. The van der Waals surface area contributed by atoms with Gasteiger partial charge in [0.1, 0.15) is 0 Å². The van der Waals surface area contributed by atoms with Gasteiger partial charge in [0.15, 0.2) is 0 Å². The molecule has 0 heterocycles. The van der Waals surface area contributed by atoms with Crippen LogP contribution >= 0.6 is 0 Å². The van der Waals surface area contributed by atoms with Crippen molar-refractivity contribution in [1.82, 2.24) is 10.0 Å². The number of nitro benzene ring substituents is 1. The number of non-ortho nitro benzene ring substituents is 1. The van der Waals surface area contributed by atoms with Gasteiger partial charge >= 0.3 is 6.03 Å². The molecule has 9 heteroatoms. The maximum Gasteiger partial charge on any atom is 0.328 e. The van der Waals surface area contributed by atoms with E-state index in [9.17, 15) is 23.3 Å². The molecule has 0 aliphatic carbocycles. The van der Waals surface area contributed by atoms with E-state index in [1.54, 1.807) is 18.2 Å². The van der Waals surface area contributed by atoms with Crippen LogP contribution in [-0.2, 0) is 10.0 Å². The highest BCUT2D eigenvalue weighted by molar-refractivity contribution is 7.90. The topological polar surface area (TPSA) is 118 Å². The second-order valence-electron chi connectivity index (χ2n) is 5.51. The number of urea groups is 1. The third-order valence-corrected chi connectivity index (χ3v) is 4.83. The van der Waals surface area contributed by atoms with Gasteiger partial charge < -0.3 is 5.32 Å². The first-order chi connectivity index (χ1) is 12.2. The summed E-state index contributed by atoms with van der Waals surface area (Å²) in [4.78, 5) is 22.1. The molecule has 0 aromatic heterocycles. The molecule has 8 nitrogen and oxygen atoms in total. The van der Waals surface area contributed by atoms with Crippen LogP contribution in [0.5, 0.6) is 0 Å². The van der Waals surface area contributed by atoms with Crippen molar-refractivity contribution in [2.24, 2.45) is 0 Å². The van der Waals surface area contributed by atoms with E-state index in [0.717, 1.165) is 5.56 Å². The Balaban J connectivity index is 1.98. The van der Waals surface area contributed by atoms with E-state index in [1.807, 2.05) is 11.6 Å². The number of hydrogen-bond donors (Lipinski definition) is 2. The minimum absolute atomic E-state index is 0.0317. The van der Waals surface area contributed by atoms with Crippen LogP contribution in [0, 0.1) is 17.0 Å². The molecule has 2 N–H and O–H groups in total. The normalized spacial score (nSPS) is 10.8. The lowest BCUT2D eigenvalue weighted by molar-refractivity contribution is -0.384. The summed E-state index contributed by atoms with van der Waals surface area (Å²) in [7, 11) is -3.99. The Bertz CT molecular complexity index is 953. The van der Waals surface area contributed by atoms with E-state index in [2.05, 4.69) is 11.9 Å². The lowest BCUT2D eigenvalue weighted by Gasteiger charge is -2.10. The summed E-state index contributed by atoms with van der Waals surface area (Å²) in [6.45, 7) is 5.49. The minimum atomic E-state index is -3.99. The van der Waals surface area contributed by atoms with Gasteiger partial charge in [-0.05, 0) is 30.2 Å². The molecule has 26 heavy (non-hydrogen) atoms. The summed E-state index contributed by atoms with van der Waals surface area (Å²) >= 11 is 0. The minimum Gasteiger partial charge on any atom is -0.333 e. The summed E-state index contributed by atoms with van der Waals surface area (Å²) in [6, 6.07) is 10.9. The van der Waals surface area contributed by atoms with E-state index in [0.29, 0.717) is 11.1 Å². The molecule has 2 amide bonds. The number of aryl methyl sites for hydroxylation is 1. The first kappa shape index (κ1) is 19.1. The number of sulfonamides is 1. The molecule has 0 saturated carbocycles. The molecule has 0 radical (unpaired) electrons. The molecule has 0 aliphatic heterocycles. The van der Waals surface area contributed by atoms with Crippen LogP contribution in [-0.4, -0.2) is 25.9 Å². The van der Waals surface area contributed by atoms with Crippen molar-refractivity contribution in [3.63, 3.8) is 0 Å². The van der Waals surface area contributed by atoms with Gasteiger partial charge in [-0.1, -0.05) is 36.4 Å². The van der Waals surface area contributed by atoms with Gasteiger partial charge in [-0.25, -0.2) is 17.9 Å². The maximum atomic E-state index is 12.1. The molecule has 2 aromatic carbocycles. The highest BCUT2D eigenvalue weighted by Gasteiger charge is 2.17. The van der Waals surface area contributed by atoms with Crippen molar-refractivity contribution >= 4 is 27.3 Å². The van der Waals surface area contributed by atoms with Crippen LogP contribution in [0.3, 0.4) is 0 Å². The monoisotopic (exact) mass is 375 g/mol. The maximum absolute atomic E-state index is 12.1. The fraction of sp³-hybridized carbons (Fsp3) is 0.118. The Morgan fingerprint density at radius 2 is 1.85 bits per heavy atom. The Kier molecular flexibility index (Phi) is 5.73. The van der Waals surface area contributed by atoms with Crippen LogP contribution in [0.2, 0.25) is 0 Å². The third-order valence-electron chi connectivity index (χ3n) is 3.49. The van der Waals surface area contributed by atoms with Gasteiger partial charge in [0.05, 0.1) is 9.82 Å². The molecule has 2 rings (SSSR count). The SMILES string of the molecule is C=C(CNC(=O)NS(=O)(=O)c1ccc(C)cc1)c1cccc([N+](=O)[O-])c1. The zero-order valence-electron chi connectivity index (χ0n) is 13.9. The first-order valence-corrected chi connectivity index (χ1v) is 8.97. The van der Waals surface area contributed by atoms with Crippen molar-refractivity contribution in [2.45, 2.75) is 11.8 Å². The van der Waals surface area contributed by atoms with E-state index in [4.69, 9.17) is 0 Å². The Morgan fingerprint density at radius 1 is 1.19 bits per heavy atom. The fourth-order valence-electron chi connectivity index (χ4n) is 2.06. The highest BCUT2D eigenvalue weighted by Crippen LogP contribution is 2.18. The smallest absolute Gasteiger partial charge is 0.328 e. The first-order valence-electron chi connectivity index (χ1n) is 7.49. The predicted octanol–water partition coefficient (Wildman–Crippen LogP) is 2.60. The zero-order chi connectivity index (χ0) is 19.3. The Morgan fingerprint density at radius 3 is 2.46 bits per heavy atom. The molecule has 0 spiro atoms. The number of hydrogen-bond acceptors (Lipinski definition) is 5. The van der Waals surface area contributed by atoms with Crippen molar-refractivity contribution in [3.05, 3.63) is 76.4 Å². The van der Waals surface area contributed by atoms with Crippen LogP contribution in [0.1, 0.15) is 11.1 Å². The summed E-state index contributed by atoms with van der Waals surface area (Å²) in [6.07, 6.45) is 0. The highest BCUT2D eigenvalue weighted by atomic mass is 32.2. The molecular formula is C17H17N3O5S. The Labute approximate surface area is 150 Å². The van der Waals surface area contributed by atoms with Gasteiger partial charge in [0, 0.05) is 18.7 Å². The largest absolute Gasteiger partial charge is 0.333 e. The fourth-order valence-corrected chi connectivity index (χ4v) is 2.99. The van der Waals surface area contributed by atoms with Crippen LogP contribution in [0.4, 0.5) is 10.5 Å². The summed E-state index contributed by atoms with van der Waals surface area (Å²) in [5.41, 5.74) is 1.66. The second kappa shape index (κ2) is 7.79. The number of rotatable bonds is 6. The molecule has 0 unspecified atom stereocenters. The molecular weight excluding hydrogens is 358 g/mol. The quantitative estimate of drug-likeness (QED) is 0.594. The number of nitro groups is 1. The van der Waals surface area contributed by atoms with Crippen LogP contribution in [0.15, 0.2) is 60.0 Å².